The van der Waals surface area contributed by atoms with Crippen molar-refractivity contribution >= 4 is 23.2 Å². The van der Waals surface area contributed by atoms with E-state index in [2.05, 4.69) is 24.1 Å². The van der Waals surface area contributed by atoms with E-state index in [1.54, 1.807) is 12.1 Å². The number of amides is 1. The molecule has 6 heteroatoms. The van der Waals surface area contributed by atoms with Gasteiger partial charge in [-0.05, 0) is 24.8 Å². The van der Waals surface area contributed by atoms with E-state index in [0.717, 1.165) is 32.5 Å². The minimum atomic E-state index is -0.161. The standard InChI is InChI=1S/C17H26ClN3O2/c1-11(2)10-21-6-4-12(5-7-21)20-17(22)13-8-14(18)15(19)9-16(13)23-3/h8-9,11-12H,4-7,10,19H2,1-3H3,(H,20,22). The summed E-state index contributed by atoms with van der Waals surface area (Å²) in [4.78, 5) is 15.0. The molecular weight excluding hydrogens is 314 g/mol. The Labute approximate surface area is 143 Å². The Morgan fingerprint density at radius 3 is 2.65 bits per heavy atom. The zero-order chi connectivity index (χ0) is 17.0. The van der Waals surface area contributed by atoms with Crippen molar-refractivity contribution in [2.75, 3.05) is 32.5 Å². The van der Waals surface area contributed by atoms with Crippen molar-refractivity contribution in [2.24, 2.45) is 5.92 Å². The third kappa shape index (κ3) is 4.75. The van der Waals surface area contributed by atoms with Gasteiger partial charge in [-0.2, -0.15) is 0 Å². The van der Waals surface area contributed by atoms with Crippen LogP contribution in [0, 0.1) is 5.92 Å². The van der Waals surface area contributed by atoms with Gasteiger partial charge >= 0.3 is 0 Å². The van der Waals surface area contributed by atoms with Crippen LogP contribution in [0.15, 0.2) is 12.1 Å². The zero-order valence-corrected chi connectivity index (χ0v) is 14.8. The molecule has 1 heterocycles. The number of nitrogens with one attached hydrogen (secondary N) is 1. The summed E-state index contributed by atoms with van der Waals surface area (Å²) in [5.41, 5.74) is 6.59. The van der Waals surface area contributed by atoms with Crippen LogP contribution < -0.4 is 15.8 Å². The molecule has 0 spiro atoms. The predicted molar refractivity (Wildman–Crippen MR) is 94.2 cm³/mol. The number of carbonyl (C=O) groups excluding carboxylic acids is 1. The molecule has 5 nitrogen and oxygen atoms in total. The highest BCUT2D eigenvalue weighted by atomic mass is 35.5. The Hall–Kier alpha value is -1.46. The van der Waals surface area contributed by atoms with E-state index in [9.17, 15) is 4.79 Å². The van der Waals surface area contributed by atoms with Crippen LogP contribution in [-0.2, 0) is 0 Å². The Kier molecular flexibility index (Phi) is 6.13. The van der Waals surface area contributed by atoms with Gasteiger partial charge in [-0.15, -0.1) is 0 Å². The lowest BCUT2D eigenvalue weighted by atomic mass is 10.0. The van der Waals surface area contributed by atoms with Crippen LogP contribution in [0.4, 0.5) is 5.69 Å². The van der Waals surface area contributed by atoms with Crippen LogP contribution >= 0.6 is 11.6 Å². The SMILES string of the molecule is COc1cc(N)c(Cl)cc1C(=O)NC1CCN(CC(C)C)CC1. The van der Waals surface area contributed by atoms with E-state index in [0.29, 0.717) is 27.9 Å². The third-order valence-electron chi connectivity index (χ3n) is 4.11. The lowest BCUT2D eigenvalue weighted by Crippen LogP contribution is -2.45. The first kappa shape index (κ1) is 17.9. The fourth-order valence-corrected chi connectivity index (χ4v) is 3.12. The summed E-state index contributed by atoms with van der Waals surface area (Å²) in [6.07, 6.45) is 1.92. The Morgan fingerprint density at radius 2 is 2.09 bits per heavy atom. The van der Waals surface area contributed by atoms with Crippen LogP contribution in [0.1, 0.15) is 37.0 Å². The highest BCUT2D eigenvalue weighted by Crippen LogP contribution is 2.29. The number of carbonyl (C=O) groups is 1. The van der Waals surface area contributed by atoms with E-state index < -0.39 is 0 Å². The van der Waals surface area contributed by atoms with Crippen LogP contribution in [0.5, 0.6) is 5.75 Å². The first-order valence-corrected chi connectivity index (χ1v) is 8.44. The van der Waals surface area contributed by atoms with Gasteiger partial charge in [-0.3, -0.25) is 4.79 Å². The minimum absolute atomic E-state index is 0.161. The quantitative estimate of drug-likeness (QED) is 0.809. The van der Waals surface area contributed by atoms with E-state index in [4.69, 9.17) is 22.1 Å². The molecule has 1 fully saturated rings. The maximum absolute atomic E-state index is 12.5. The maximum atomic E-state index is 12.5. The van der Waals surface area contributed by atoms with Gasteiger partial charge < -0.3 is 20.7 Å². The van der Waals surface area contributed by atoms with E-state index in [-0.39, 0.29) is 11.9 Å². The van der Waals surface area contributed by atoms with Crippen molar-refractivity contribution in [1.29, 1.82) is 0 Å². The third-order valence-corrected chi connectivity index (χ3v) is 4.44. The van der Waals surface area contributed by atoms with Crippen molar-refractivity contribution in [3.05, 3.63) is 22.7 Å². The lowest BCUT2D eigenvalue weighted by Gasteiger charge is -2.33. The second-order valence-corrected chi connectivity index (χ2v) is 6.92. The number of halogens is 1. The van der Waals surface area contributed by atoms with Crippen molar-refractivity contribution in [1.82, 2.24) is 10.2 Å². The number of nitrogens with zero attached hydrogens (tertiary/aromatic N) is 1. The molecule has 1 saturated heterocycles. The second kappa shape index (κ2) is 7.88. The molecule has 1 amide bonds. The van der Waals surface area contributed by atoms with Crippen LogP contribution in [0.25, 0.3) is 0 Å². The molecule has 1 aromatic rings. The fraction of sp³-hybridized carbons (Fsp3) is 0.588. The van der Waals surface area contributed by atoms with Crippen molar-refractivity contribution in [3.63, 3.8) is 0 Å². The number of nitrogen functional groups attached to an aromatic ring is 1. The van der Waals surface area contributed by atoms with E-state index in [1.165, 1.54) is 7.11 Å². The number of hydrogen-bond donors (Lipinski definition) is 2. The second-order valence-electron chi connectivity index (χ2n) is 6.52. The number of piperidine rings is 1. The van der Waals surface area contributed by atoms with E-state index in [1.807, 2.05) is 0 Å². The van der Waals surface area contributed by atoms with Crippen LogP contribution in [-0.4, -0.2) is 43.6 Å². The predicted octanol–water partition coefficient (Wildman–Crippen LogP) is 2.78. The summed E-state index contributed by atoms with van der Waals surface area (Å²) in [6, 6.07) is 3.34. The molecule has 3 N–H and O–H groups in total. The summed E-state index contributed by atoms with van der Waals surface area (Å²) in [5.74, 6) is 0.954. The molecule has 1 aliphatic heterocycles. The molecule has 128 valence electrons. The van der Waals surface area contributed by atoms with Gasteiger partial charge in [0.1, 0.15) is 5.75 Å². The van der Waals surface area contributed by atoms with Gasteiger partial charge in [-0.25, -0.2) is 0 Å². The molecule has 23 heavy (non-hydrogen) atoms. The fourth-order valence-electron chi connectivity index (χ4n) is 2.95. The Balaban J connectivity index is 1.97. The van der Waals surface area contributed by atoms with Crippen LogP contribution in [0.3, 0.4) is 0 Å². The van der Waals surface area contributed by atoms with Crippen molar-refractivity contribution < 1.29 is 9.53 Å². The Morgan fingerprint density at radius 1 is 1.43 bits per heavy atom. The molecule has 1 aromatic carbocycles. The average molecular weight is 340 g/mol. The molecule has 0 atom stereocenters. The van der Waals surface area contributed by atoms with Gasteiger partial charge in [0, 0.05) is 31.7 Å². The number of methoxy groups -OCH3 is 1. The van der Waals surface area contributed by atoms with E-state index >= 15 is 0 Å². The maximum Gasteiger partial charge on any atom is 0.255 e. The highest BCUT2D eigenvalue weighted by molar-refractivity contribution is 6.33. The number of anilines is 1. The van der Waals surface area contributed by atoms with Gasteiger partial charge in [0.25, 0.3) is 5.91 Å². The largest absolute Gasteiger partial charge is 0.496 e. The van der Waals surface area contributed by atoms with Gasteiger partial charge in [0.15, 0.2) is 0 Å². The van der Waals surface area contributed by atoms with Crippen molar-refractivity contribution in [2.45, 2.75) is 32.7 Å². The highest BCUT2D eigenvalue weighted by Gasteiger charge is 2.23. The van der Waals surface area contributed by atoms with Crippen LogP contribution in [0.2, 0.25) is 5.02 Å². The number of hydrogen-bond acceptors (Lipinski definition) is 4. The molecule has 1 aliphatic rings. The molecule has 0 bridgehead atoms. The molecule has 0 aromatic heterocycles. The van der Waals surface area contributed by atoms with Gasteiger partial charge in [0.2, 0.25) is 0 Å². The average Bonchev–Trinajstić information content (AvgIpc) is 2.50. The summed E-state index contributed by atoms with van der Waals surface area (Å²) in [5, 5.41) is 3.45. The number of ether oxygens (including phenoxy) is 1. The number of rotatable bonds is 5. The summed E-state index contributed by atoms with van der Waals surface area (Å²) >= 11 is 6.03. The smallest absolute Gasteiger partial charge is 0.255 e. The van der Waals surface area contributed by atoms with Gasteiger partial charge in [0.05, 0.1) is 23.4 Å². The van der Waals surface area contributed by atoms with Crippen molar-refractivity contribution in [3.8, 4) is 5.75 Å². The lowest BCUT2D eigenvalue weighted by molar-refractivity contribution is 0.0904. The molecule has 0 unspecified atom stereocenters. The first-order chi connectivity index (χ1) is 10.9. The molecular formula is C17H26ClN3O2. The number of nitrogens with two attached hydrogens (primary N) is 1. The zero-order valence-electron chi connectivity index (χ0n) is 14.1. The summed E-state index contributed by atoms with van der Waals surface area (Å²) < 4.78 is 5.24. The topological polar surface area (TPSA) is 67.6 Å². The minimum Gasteiger partial charge on any atom is -0.496 e. The molecule has 2 rings (SSSR count). The van der Waals surface area contributed by atoms with Gasteiger partial charge in [-0.1, -0.05) is 25.4 Å². The molecule has 0 saturated carbocycles. The molecule has 0 radical (unpaired) electrons. The summed E-state index contributed by atoms with van der Waals surface area (Å²) in [6.45, 7) is 7.60. The summed E-state index contributed by atoms with van der Waals surface area (Å²) in [7, 11) is 1.52. The Bertz CT molecular complexity index is 555. The normalized spacial score (nSPS) is 16.6. The monoisotopic (exact) mass is 339 g/mol. The number of benzene rings is 1. The first-order valence-electron chi connectivity index (χ1n) is 8.07. The molecule has 0 aliphatic carbocycles. The number of likely N-dealkylation sites (tertiary alicyclic amines) is 1.